The van der Waals surface area contributed by atoms with Crippen molar-refractivity contribution in [1.82, 2.24) is 4.90 Å². The zero-order chi connectivity index (χ0) is 24.9. The van der Waals surface area contributed by atoms with Crippen molar-refractivity contribution in [1.29, 1.82) is 0 Å². The molecule has 35 heavy (non-hydrogen) atoms. The normalized spacial score (nSPS) is 15.7. The summed E-state index contributed by atoms with van der Waals surface area (Å²) in [5.74, 6) is -0.616. The maximum absolute atomic E-state index is 13.1. The molecule has 0 aliphatic carbocycles. The number of thioether (sulfide) groups is 1. The first-order chi connectivity index (χ1) is 16.9. The number of halogens is 2. The van der Waals surface area contributed by atoms with Crippen LogP contribution in [0.15, 0.2) is 76.6 Å². The lowest BCUT2D eigenvalue weighted by atomic mass is 10.1. The smallest absolute Gasteiger partial charge is 0.335 e. The molecule has 0 unspecified atom stereocenters. The lowest BCUT2D eigenvalue weighted by molar-refractivity contribution is -0.122. The predicted molar refractivity (Wildman–Crippen MR) is 141 cm³/mol. The Morgan fingerprint density at radius 3 is 2.66 bits per heavy atom. The molecule has 0 radical (unpaired) electrons. The zero-order valence-electron chi connectivity index (χ0n) is 18.6. The van der Waals surface area contributed by atoms with Gasteiger partial charge in [-0.2, -0.15) is 0 Å². The Balaban J connectivity index is 1.59. The molecule has 4 rings (SSSR count). The van der Waals surface area contributed by atoms with E-state index in [0.29, 0.717) is 38.1 Å². The van der Waals surface area contributed by atoms with Gasteiger partial charge in [-0.15, -0.1) is 0 Å². The molecule has 1 saturated heterocycles. The average molecular weight is 527 g/mol. The summed E-state index contributed by atoms with van der Waals surface area (Å²) < 4.78 is 6.01. The van der Waals surface area contributed by atoms with Crippen LogP contribution in [-0.2, 0) is 11.4 Å². The highest BCUT2D eigenvalue weighted by Crippen LogP contribution is 2.36. The molecule has 3 aromatic carbocycles. The van der Waals surface area contributed by atoms with Gasteiger partial charge >= 0.3 is 5.97 Å². The van der Waals surface area contributed by atoms with Crippen molar-refractivity contribution in [3.05, 3.63) is 98.4 Å². The van der Waals surface area contributed by atoms with Gasteiger partial charge in [-0.05, 0) is 61.2 Å². The Kier molecular flexibility index (Phi) is 7.80. The molecule has 6 nitrogen and oxygen atoms in total. The maximum Gasteiger partial charge on any atom is 0.335 e. The van der Waals surface area contributed by atoms with E-state index in [1.807, 2.05) is 37.3 Å². The lowest BCUT2D eigenvalue weighted by Crippen LogP contribution is -2.28. The van der Waals surface area contributed by atoms with Crippen LogP contribution in [0.1, 0.15) is 28.4 Å². The number of amidine groups is 1. The van der Waals surface area contributed by atoms with Crippen molar-refractivity contribution in [2.24, 2.45) is 4.99 Å². The van der Waals surface area contributed by atoms with Gasteiger partial charge in [0.25, 0.3) is 5.91 Å². The summed E-state index contributed by atoms with van der Waals surface area (Å²) in [7, 11) is 0. The summed E-state index contributed by atoms with van der Waals surface area (Å²) in [6.45, 7) is 2.52. The highest BCUT2D eigenvalue weighted by molar-refractivity contribution is 8.18. The van der Waals surface area contributed by atoms with Gasteiger partial charge in [-0.1, -0.05) is 53.5 Å². The van der Waals surface area contributed by atoms with E-state index in [4.69, 9.17) is 27.9 Å². The average Bonchev–Trinajstić information content (AvgIpc) is 3.13. The van der Waals surface area contributed by atoms with Crippen LogP contribution in [0.4, 0.5) is 5.69 Å². The van der Waals surface area contributed by atoms with Crippen LogP contribution in [0, 0.1) is 0 Å². The quantitative estimate of drug-likeness (QED) is 0.339. The number of hydrogen-bond donors (Lipinski definition) is 1. The Morgan fingerprint density at radius 1 is 1.11 bits per heavy atom. The minimum atomic E-state index is -1.04. The largest absolute Gasteiger partial charge is 0.488 e. The van der Waals surface area contributed by atoms with Crippen molar-refractivity contribution in [3.63, 3.8) is 0 Å². The molecule has 1 N–H and O–H groups in total. The number of carboxylic acid groups (broad SMARTS) is 1. The molecule has 1 amide bonds. The van der Waals surface area contributed by atoms with Gasteiger partial charge in [-0.3, -0.25) is 9.69 Å². The molecule has 1 aliphatic heterocycles. The number of nitrogens with zero attached hydrogens (tertiary/aromatic N) is 2. The van der Waals surface area contributed by atoms with Gasteiger partial charge < -0.3 is 9.84 Å². The first kappa shape index (κ1) is 24.9. The third-order valence-electron chi connectivity index (χ3n) is 5.13. The molecule has 0 bridgehead atoms. The van der Waals surface area contributed by atoms with Crippen LogP contribution >= 0.6 is 35.0 Å². The number of amides is 1. The van der Waals surface area contributed by atoms with Gasteiger partial charge in [0.05, 0.1) is 16.2 Å². The van der Waals surface area contributed by atoms with Crippen molar-refractivity contribution < 1.29 is 19.4 Å². The molecule has 0 aromatic heterocycles. The fourth-order valence-corrected chi connectivity index (χ4v) is 4.87. The summed E-state index contributed by atoms with van der Waals surface area (Å²) in [4.78, 5) is 30.9. The number of carbonyl (C=O) groups excluding carboxylic acids is 1. The Hall–Kier alpha value is -3.26. The molecule has 3 aromatic rings. The molecule has 0 spiro atoms. The number of carbonyl (C=O) groups is 2. The highest BCUT2D eigenvalue weighted by Gasteiger charge is 2.32. The van der Waals surface area contributed by atoms with Crippen molar-refractivity contribution in [2.75, 3.05) is 6.54 Å². The summed E-state index contributed by atoms with van der Waals surface area (Å²) >= 11 is 13.5. The van der Waals surface area contributed by atoms with E-state index >= 15 is 0 Å². The number of carboxylic acids is 1. The van der Waals surface area contributed by atoms with Crippen molar-refractivity contribution >= 4 is 63.8 Å². The molecule has 1 aliphatic rings. The summed E-state index contributed by atoms with van der Waals surface area (Å²) in [6.07, 6.45) is 1.77. The van der Waals surface area contributed by atoms with E-state index in [1.165, 1.54) is 23.9 Å². The van der Waals surface area contributed by atoms with Gasteiger partial charge in [0.15, 0.2) is 5.17 Å². The fourth-order valence-electron chi connectivity index (χ4n) is 3.36. The summed E-state index contributed by atoms with van der Waals surface area (Å²) in [6, 6.07) is 18.9. The van der Waals surface area contributed by atoms with Crippen LogP contribution in [0.5, 0.6) is 5.75 Å². The molecule has 1 heterocycles. The van der Waals surface area contributed by atoms with E-state index < -0.39 is 5.97 Å². The van der Waals surface area contributed by atoms with Gasteiger partial charge in [0, 0.05) is 27.7 Å². The first-order valence-electron chi connectivity index (χ1n) is 10.6. The van der Waals surface area contributed by atoms with E-state index in [9.17, 15) is 14.7 Å². The minimum absolute atomic E-state index is 0.131. The molecule has 0 atom stereocenters. The van der Waals surface area contributed by atoms with Crippen LogP contribution in [-0.4, -0.2) is 33.6 Å². The van der Waals surface area contributed by atoms with Crippen LogP contribution in [0.25, 0.3) is 6.08 Å². The fraction of sp³-hybridized carbons (Fsp3) is 0.115. The monoisotopic (exact) mass is 526 g/mol. The summed E-state index contributed by atoms with van der Waals surface area (Å²) in [5, 5.41) is 10.8. The topological polar surface area (TPSA) is 79.2 Å². The Morgan fingerprint density at radius 2 is 1.91 bits per heavy atom. The van der Waals surface area contributed by atoms with Crippen LogP contribution in [0.2, 0.25) is 10.0 Å². The summed E-state index contributed by atoms with van der Waals surface area (Å²) in [5.41, 5.74) is 2.12. The number of para-hydroxylation sites is 1. The van der Waals surface area contributed by atoms with E-state index in [2.05, 4.69) is 4.99 Å². The number of ether oxygens (including phenoxy) is 1. The van der Waals surface area contributed by atoms with E-state index in [-0.39, 0.29) is 18.1 Å². The first-order valence-corrected chi connectivity index (χ1v) is 12.2. The second-order valence-corrected chi connectivity index (χ2v) is 9.32. The molecule has 1 fully saturated rings. The third kappa shape index (κ3) is 5.88. The third-order valence-corrected chi connectivity index (χ3v) is 6.72. The number of likely N-dealkylation sites (N-methyl/N-ethyl adjacent to an activating group) is 1. The number of aliphatic imine (C=N–C) groups is 1. The SMILES string of the molecule is CCN1C(=O)C(=Cc2ccccc2OCc2ccc(Cl)cc2Cl)SC1=Nc1cccc(C(=O)O)c1. The van der Waals surface area contributed by atoms with Gasteiger partial charge in [0.2, 0.25) is 0 Å². The van der Waals surface area contributed by atoms with E-state index in [1.54, 1.807) is 35.2 Å². The van der Waals surface area contributed by atoms with Crippen LogP contribution in [0.3, 0.4) is 0 Å². The zero-order valence-corrected chi connectivity index (χ0v) is 20.9. The molecular weight excluding hydrogens is 507 g/mol. The Labute approximate surface area is 216 Å². The molecule has 9 heteroatoms. The Bertz CT molecular complexity index is 1360. The number of hydrogen-bond acceptors (Lipinski definition) is 5. The van der Waals surface area contributed by atoms with E-state index in [0.717, 1.165) is 11.1 Å². The van der Waals surface area contributed by atoms with Gasteiger partial charge in [-0.25, -0.2) is 9.79 Å². The van der Waals surface area contributed by atoms with Crippen molar-refractivity contribution in [2.45, 2.75) is 13.5 Å². The molecule has 0 saturated carbocycles. The van der Waals surface area contributed by atoms with Crippen molar-refractivity contribution in [3.8, 4) is 5.75 Å². The van der Waals surface area contributed by atoms with Crippen LogP contribution < -0.4 is 4.74 Å². The maximum atomic E-state index is 13.1. The second-order valence-electron chi connectivity index (χ2n) is 7.47. The highest BCUT2D eigenvalue weighted by atomic mass is 35.5. The molecule has 178 valence electrons. The minimum Gasteiger partial charge on any atom is -0.488 e. The molecular formula is C26H20Cl2N2O4S. The number of rotatable bonds is 7. The standard InChI is InChI=1S/C26H20Cl2N2O4S/c1-2-30-24(31)23(35-26(30)29-20-8-5-7-17(12-20)25(32)33)13-16-6-3-4-9-22(16)34-15-18-10-11-19(27)14-21(18)28/h3-14H,2,15H2,1H3,(H,32,33). The number of aromatic carboxylic acids is 1. The lowest BCUT2D eigenvalue weighted by Gasteiger charge is -2.12. The second kappa shape index (κ2) is 11.0. The predicted octanol–water partition coefficient (Wildman–Crippen LogP) is 6.89. The van der Waals surface area contributed by atoms with Gasteiger partial charge in [0.1, 0.15) is 12.4 Å². The number of benzene rings is 3.